The van der Waals surface area contributed by atoms with Crippen molar-refractivity contribution in [1.29, 1.82) is 0 Å². The Kier molecular flexibility index (Phi) is 5.59. The molecule has 0 spiro atoms. The molecule has 4 nitrogen and oxygen atoms in total. The third-order valence-corrected chi connectivity index (χ3v) is 4.75. The monoisotopic (exact) mass is 295 g/mol. The second kappa shape index (κ2) is 7.43. The van der Waals surface area contributed by atoms with Crippen LogP contribution in [0.5, 0.6) is 0 Å². The van der Waals surface area contributed by atoms with Crippen LogP contribution in [-0.2, 0) is 17.6 Å². The van der Waals surface area contributed by atoms with Crippen molar-refractivity contribution in [3.05, 3.63) is 21.4 Å². The van der Waals surface area contributed by atoms with Crippen LogP contribution in [-0.4, -0.2) is 23.5 Å². The van der Waals surface area contributed by atoms with Crippen LogP contribution in [0.1, 0.15) is 59.3 Å². The molecule has 1 aliphatic rings. The molecule has 0 saturated carbocycles. The van der Waals surface area contributed by atoms with Crippen LogP contribution in [0.2, 0.25) is 0 Å². The molecule has 1 aliphatic carbocycles. The van der Waals surface area contributed by atoms with E-state index in [1.807, 2.05) is 5.38 Å². The molecule has 0 radical (unpaired) electrons. The van der Waals surface area contributed by atoms with Crippen molar-refractivity contribution >= 4 is 23.2 Å². The molecule has 1 heterocycles. The molecule has 1 amide bonds. The van der Waals surface area contributed by atoms with E-state index in [0.29, 0.717) is 13.0 Å². The highest BCUT2D eigenvalue weighted by atomic mass is 32.1. The van der Waals surface area contributed by atoms with Gasteiger partial charge in [-0.15, -0.1) is 11.3 Å². The Labute approximate surface area is 123 Å². The molecular weight excluding hydrogens is 274 g/mol. The zero-order valence-electron chi connectivity index (χ0n) is 11.6. The summed E-state index contributed by atoms with van der Waals surface area (Å²) in [7, 11) is 0. The normalized spacial score (nSPS) is 13.8. The number of nitrogens with one attached hydrogen (secondary N) is 1. The fourth-order valence-electron chi connectivity index (χ4n) is 2.56. The van der Waals surface area contributed by atoms with Gasteiger partial charge in [-0.25, -0.2) is 0 Å². The Bertz CT molecular complexity index is 481. The van der Waals surface area contributed by atoms with E-state index in [-0.39, 0.29) is 12.3 Å². The SMILES string of the molecule is O=C(O)CCCCCNC(=O)c1csc2c1CCCC2. The number of fused-ring (bicyclic) bond motifs is 1. The van der Waals surface area contributed by atoms with Gasteiger partial charge >= 0.3 is 5.97 Å². The van der Waals surface area contributed by atoms with E-state index < -0.39 is 5.97 Å². The predicted molar refractivity (Wildman–Crippen MR) is 79.4 cm³/mol. The number of carbonyl (C=O) groups is 2. The molecule has 0 aromatic carbocycles. The standard InChI is InChI=1S/C15H21NO3S/c17-14(18)8-2-1-5-9-16-15(19)12-10-20-13-7-4-3-6-11(12)13/h10H,1-9H2,(H,16,19)(H,17,18). The fraction of sp³-hybridized carbons (Fsp3) is 0.600. The van der Waals surface area contributed by atoms with Gasteiger partial charge in [0.2, 0.25) is 0 Å². The van der Waals surface area contributed by atoms with Crippen LogP contribution in [0.4, 0.5) is 0 Å². The maximum absolute atomic E-state index is 12.1. The van der Waals surface area contributed by atoms with Gasteiger partial charge in [-0.3, -0.25) is 9.59 Å². The molecule has 0 aliphatic heterocycles. The van der Waals surface area contributed by atoms with Crippen molar-refractivity contribution in [2.24, 2.45) is 0 Å². The summed E-state index contributed by atoms with van der Waals surface area (Å²) >= 11 is 1.70. The first-order chi connectivity index (χ1) is 9.68. The second-order valence-corrected chi connectivity index (χ2v) is 6.18. The van der Waals surface area contributed by atoms with Crippen molar-refractivity contribution in [2.75, 3.05) is 6.54 Å². The summed E-state index contributed by atoms with van der Waals surface area (Å²) in [6.45, 7) is 0.628. The van der Waals surface area contributed by atoms with E-state index in [0.717, 1.165) is 31.2 Å². The number of hydrogen-bond donors (Lipinski definition) is 2. The highest BCUT2D eigenvalue weighted by molar-refractivity contribution is 7.10. The first kappa shape index (κ1) is 15.0. The number of carboxylic acids is 1. The summed E-state index contributed by atoms with van der Waals surface area (Å²) in [5.74, 6) is -0.721. The topological polar surface area (TPSA) is 66.4 Å². The highest BCUT2D eigenvalue weighted by Gasteiger charge is 2.19. The quantitative estimate of drug-likeness (QED) is 0.760. The number of unbranched alkanes of at least 4 members (excludes halogenated alkanes) is 2. The van der Waals surface area contributed by atoms with Crippen molar-refractivity contribution in [3.8, 4) is 0 Å². The summed E-state index contributed by atoms with van der Waals surface area (Å²) in [5.41, 5.74) is 2.11. The minimum Gasteiger partial charge on any atom is -0.481 e. The highest BCUT2D eigenvalue weighted by Crippen LogP contribution is 2.30. The average molecular weight is 295 g/mol. The Morgan fingerprint density at radius 1 is 1.20 bits per heavy atom. The summed E-state index contributed by atoms with van der Waals surface area (Å²) in [4.78, 5) is 23.9. The molecule has 5 heteroatoms. The van der Waals surface area contributed by atoms with Crippen LogP contribution in [0, 0.1) is 0 Å². The van der Waals surface area contributed by atoms with Gasteiger partial charge < -0.3 is 10.4 Å². The third-order valence-electron chi connectivity index (χ3n) is 3.66. The lowest BCUT2D eigenvalue weighted by atomic mass is 9.95. The Morgan fingerprint density at radius 3 is 2.80 bits per heavy atom. The van der Waals surface area contributed by atoms with Crippen LogP contribution in [0.25, 0.3) is 0 Å². The molecule has 0 saturated heterocycles. The van der Waals surface area contributed by atoms with Crippen LogP contribution in [0.15, 0.2) is 5.38 Å². The number of carboxylic acid groups (broad SMARTS) is 1. The zero-order valence-corrected chi connectivity index (χ0v) is 12.4. The number of carbonyl (C=O) groups excluding carboxylic acids is 1. The molecule has 0 bridgehead atoms. The van der Waals surface area contributed by atoms with Crippen LogP contribution in [0.3, 0.4) is 0 Å². The van der Waals surface area contributed by atoms with Crippen LogP contribution < -0.4 is 5.32 Å². The largest absolute Gasteiger partial charge is 0.481 e. The minimum absolute atomic E-state index is 0.0302. The molecule has 0 unspecified atom stereocenters. The lowest BCUT2D eigenvalue weighted by Crippen LogP contribution is -2.25. The predicted octanol–water partition coefficient (Wildman–Crippen LogP) is 3.00. The van der Waals surface area contributed by atoms with E-state index in [1.165, 1.54) is 23.3 Å². The second-order valence-electron chi connectivity index (χ2n) is 5.22. The fourth-order valence-corrected chi connectivity index (χ4v) is 3.69. The number of aryl methyl sites for hydroxylation is 1. The molecule has 2 N–H and O–H groups in total. The zero-order chi connectivity index (χ0) is 14.4. The number of hydrogen-bond acceptors (Lipinski definition) is 3. The van der Waals surface area contributed by atoms with E-state index in [4.69, 9.17) is 5.11 Å². The first-order valence-corrected chi connectivity index (χ1v) is 8.15. The summed E-state index contributed by atoms with van der Waals surface area (Å²) < 4.78 is 0. The summed E-state index contributed by atoms with van der Waals surface area (Å²) in [6, 6.07) is 0. The molecule has 0 fully saturated rings. The summed E-state index contributed by atoms with van der Waals surface area (Å²) in [5, 5.41) is 13.5. The number of thiophene rings is 1. The Hall–Kier alpha value is -1.36. The van der Waals surface area contributed by atoms with Crippen molar-refractivity contribution in [3.63, 3.8) is 0 Å². The lowest BCUT2D eigenvalue weighted by Gasteiger charge is -2.12. The maximum atomic E-state index is 12.1. The number of rotatable bonds is 7. The molecule has 2 rings (SSSR count). The van der Waals surface area contributed by atoms with E-state index in [1.54, 1.807) is 11.3 Å². The van der Waals surface area contributed by atoms with E-state index in [9.17, 15) is 9.59 Å². The molecule has 20 heavy (non-hydrogen) atoms. The lowest BCUT2D eigenvalue weighted by molar-refractivity contribution is -0.137. The number of aliphatic carboxylic acids is 1. The van der Waals surface area contributed by atoms with Gasteiger partial charge in [0.25, 0.3) is 5.91 Å². The van der Waals surface area contributed by atoms with Crippen molar-refractivity contribution in [1.82, 2.24) is 5.32 Å². The van der Waals surface area contributed by atoms with Gasteiger partial charge in [0.05, 0.1) is 5.56 Å². The van der Waals surface area contributed by atoms with E-state index in [2.05, 4.69) is 5.32 Å². The average Bonchev–Trinajstić information content (AvgIpc) is 2.86. The number of amides is 1. The van der Waals surface area contributed by atoms with Gasteiger partial charge in [0.1, 0.15) is 0 Å². The molecule has 1 aromatic rings. The van der Waals surface area contributed by atoms with E-state index >= 15 is 0 Å². The Morgan fingerprint density at radius 2 is 2.00 bits per heavy atom. The molecule has 1 aromatic heterocycles. The minimum atomic E-state index is -0.751. The summed E-state index contributed by atoms with van der Waals surface area (Å²) in [6.07, 6.45) is 7.13. The first-order valence-electron chi connectivity index (χ1n) is 7.27. The maximum Gasteiger partial charge on any atom is 0.303 e. The van der Waals surface area contributed by atoms with Gasteiger partial charge in [-0.05, 0) is 44.1 Å². The molecule has 110 valence electrons. The van der Waals surface area contributed by atoms with Gasteiger partial charge in [0.15, 0.2) is 0 Å². The molecule has 0 atom stereocenters. The van der Waals surface area contributed by atoms with Gasteiger partial charge in [-0.1, -0.05) is 6.42 Å². The van der Waals surface area contributed by atoms with Crippen molar-refractivity contribution in [2.45, 2.75) is 51.4 Å². The third kappa shape index (κ3) is 4.07. The van der Waals surface area contributed by atoms with Gasteiger partial charge in [-0.2, -0.15) is 0 Å². The van der Waals surface area contributed by atoms with Crippen molar-refractivity contribution < 1.29 is 14.7 Å². The smallest absolute Gasteiger partial charge is 0.303 e. The van der Waals surface area contributed by atoms with Gasteiger partial charge in [0, 0.05) is 23.2 Å². The Balaban J connectivity index is 1.72. The molecular formula is C15H21NO3S. The van der Waals surface area contributed by atoms with Crippen LogP contribution >= 0.6 is 11.3 Å².